The van der Waals surface area contributed by atoms with Gasteiger partial charge in [-0.3, -0.25) is 4.79 Å². The molecule has 4 rings (SSSR count). The van der Waals surface area contributed by atoms with Crippen LogP contribution in [-0.2, 0) is 20.7 Å². The number of ether oxygens (including phenoxy) is 2. The van der Waals surface area contributed by atoms with Crippen LogP contribution in [0.2, 0.25) is 0 Å². The first-order chi connectivity index (χ1) is 16.6. The van der Waals surface area contributed by atoms with Crippen molar-refractivity contribution < 1.29 is 19.1 Å². The van der Waals surface area contributed by atoms with Crippen molar-refractivity contribution in [2.75, 3.05) is 20.8 Å². The van der Waals surface area contributed by atoms with E-state index in [1.165, 1.54) is 23.7 Å². The Labute approximate surface area is 207 Å². The SMILES string of the molecule is CCC1=C(C(=O)OC)[C@@H](c2ccccc2OC)N2C(CC(=O)NCCc3cccs3)=CSC2=N1. The quantitative estimate of drug-likeness (QED) is 0.508. The average molecular weight is 498 g/mol. The third-order valence-corrected chi connectivity index (χ3v) is 7.50. The van der Waals surface area contributed by atoms with Crippen molar-refractivity contribution in [3.05, 3.63) is 74.6 Å². The highest BCUT2D eigenvalue weighted by molar-refractivity contribution is 8.16. The van der Waals surface area contributed by atoms with E-state index in [0.717, 1.165) is 22.8 Å². The minimum atomic E-state index is -0.508. The summed E-state index contributed by atoms with van der Waals surface area (Å²) < 4.78 is 10.8. The Morgan fingerprint density at radius 3 is 2.71 bits per heavy atom. The fraction of sp³-hybridized carbons (Fsp3) is 0.320. The van der Waals surface area contributed by atoms with Crippen LogP contribution in [0.1, 0.15) is 36.2 Å². The molecule has 0 saturated heterocycles. The second kappa shape index (κ2) is 10.9. The van der Waals surface area contributed by atoms with Crippen LogP contribution in [0.5, 0.6) is 5.75 Å². The highest BCUT2D eigenvalue weighted by atomic mass is 32.2. The van der Waals surface area contributed by atoms with Gasteiger partial charge in [-0.15, -0.1) is 11.3 Å². The first-order valence-electron chi connectivity index (χ1n) is 11.0. The average Bonchev–Trinajstić information content (AvgIpc) is 3.52. The van der Waals surface area contributed by atoms with Gasteiger partial charge in [-0.05, 0) is 35.8 Å². The van der Waals surface area contributed by atoms with Gasteiger partial charge in [0.2, 0.25) is 5.91 Å². The fourth-order valence-electron chi connectivity index (χ4n) is 4.11. The molecular weight excluding hydrogens is 470 g/mol. The number of thiophene rings is 1. The van der Waals surface area contributed by atoms with Crippen molar-refractivity contribution in [1.82, 2.24) is 10.2 Å². The highest BCUT2D eigenvalue weighted by Gasteiger charge is 2.42. The monoisotopic (exact) mass is 497 g/mol. The van der Waals surface area contributed by atoms with Gasteiger partial charge in [0, 0.05) is 22.7 Å². The number of hydrogen-bond donors (Lipinski definition) is 1. The summed E-state index contributed by atoms with van der Waals surface area (Å²) in [5.41, 5.74) is 2.74. The fourth-order valence-corrected chi connectivity index (χ4v) is 5.75. The number of para-hydroxylation sites is 1. The Bertz CT molecular complexity index is 1150. The molecule has 0 saturated carbocycles. The molecule has 1 aromatic carbocycles. The molecule has 0 aliphatic carbocycles. The summed E-state index contributed by atoms with van der Waals surface area (Å²) in [6.07, 6.45) is 1.55. The number of esters is 1. The molecule has 178 valence electrons. The van der Waals surface area contributed by atoms with Crippen LogP contribution >= 0.6 is 23.1 Å². The number of rotatable bonds is 9. The number of nitrogens with zero attached hydrogens (tertiary/aromatic N) is 2. The van der Waals surface area contributed by atoms with E-state index >= 15 is 0 Å². The first-order valence-corrected chi connectivity index (χ1v) is 12.8. The molecule has 3 heterocycles. The summed E-state index contributed by atoms with van der Waals surface area (Å²) in [6, 6.07) is 11.2. The topological polar surface area (TPSA) is 80.2 Å². The Morgan fingerprint density at radius 2 is 2.00 bits per heavy atom. The lowest BCUT2D eigenvalue weighted by Crippen LogP contribution is -2.38. The van der Waals surface area contributed by atoms with Gasteiger partial charge in [0.1, 0.15) is 5.75 Å². The molecular formula is C25H27N3O4S2. The largest absolute Gasteiger partial charge is 0.496 e. The number of amidine groups is 1. The van der Waals surface area contributed by atoms with Crippen molar-refractivity contribution >= 4 is 40.1 Å². The summed E-state index contributed by atoms with van der Waals surface area (Å²) in [6.45, 7) is 2.54. The Kier molecular flexibility index (Phi) is 7.74. The molecule has 0 bridgehead atoms. The minimum absolute atomic E-state index is 0.0756. The number of amides is 1. The molecule has 1 N–H and O–H groups in total. The van der Waals surface area contributed by atoms with Gasteiger partial charge in [0.15, 0.2) is 5.17 Å². The highest BCUT2D eigenvalue weighted by Crippen LogP contribution is 2.47. The number of fused-ring (bicyclic) bond motifs is 1. The summed E-state index contributed by atoms with van der Waals surface area (Å²) >= 11 is 3.14. The maximum absolute atomic E-state index is 13.0. The van der Waals surface area contributed by atoms with Gasteiger partial charge in [0.25, 0.3) is 0 Å². The number of benzene rings is 1. The van der Waals surface area contributed by atoms with Gasteiger partial charge >= 0.3 is 5.97 Å². The van der Waals surface area contributed by atoms with E-state index in [2.05, 4.69) is 11.4 Å². The van der Waals surface area contributed by atoms with Crippen LogP contribution in [-0.4, -0.2) is 42.7 Å². The van der Waals surface area contributed by atoms with Crippen molar-refractivity contribution in [2.45, 2.75) is 32.2 Å². The summed E-state index contributed by atoms with van der Waals surface area (Å²) in [5.74, 6) is 0.141. The van der Waals surface area contributed by atoms with Gasteiger partial charge in [-0.2, -0.15) is 0 Å². The molecule has 1 amide bonds. The maximum Gasteiger partial charge on any atom is 0.338 e. The zero-order valence-corrected chi connectivity index (χ0v) is 21.0. The summed E-state index contributed by atoms with van der Waals surface area (Å²) in [5, 5.41) is 7.72. The number of carbonyl (C=O) groups excluding carboxylic acids is 2. The number of nitrogens with one attached hydrogen (secondary N) is 1. The van der Waals surface area contributed by atoms with E-state index in [1.54, 1.807) is 18.4 Å². The number of allylic oxidation sites excluding steroid dienone is 1. The normalized spacial score (nSPS) is 17.1. The van der Waals surface area contributed by atoms with Gasteiger partial charge in [-0.1, -0.05) is 43.0 Å². The van der Waals surface area contributed by atoms with Crippen LogP contribution in [0.3, 0.4) is 0 Å². The minimum Gasteiger partial charge on any atom is -0.496 e. The van der Waals surface area contributed by atoms with E-state index in [1.807, 2.05) is 52.9 Å². The molecule has 34 heavy (non-hydrogen) atoms. The summed E-state index contributed by atoms with van der Waals surface area (Å²) in [7, 11) is 2.98. The van der Waals surface area contributed by atoms with Crippen LogP contribution in [0.25, 0.3) is 0 Å². The van der Waals surface area contributed by atoms with Crippen LogP contribution < -0.4 is 10.1 Å². The molecule has 7 nitrogen and oxygen atoms in total. The predicted octanol–water partition coefficient (Wildman–Crippen LogP) is 4.64. The lowest BCUT2D eigenvalue weighted by Gasteiger charge is -2.37. The molecule has 0 spiro atoms. The van der Waals surface area contributed by atoms with E-state index < -0.39 is 12.0 Å². The Hall–Kier alpha value is -3.04. The molecule has 2 aliphatic rings. The third-order valence-electron chi connectivity index (χ3n) is 5.68. The molecule has 0 radical (unpaired) electrons. The summed E-state index contributed by atoms with van der Waals surface area (Å²) in [4.78, 5) is 33.7. The predicted molar refractivity (Wildman–Crippen MR) is 136 cm³/mol. The smallest absolute Gasteiger partial charge is 0.338 e. The standard InChI is InChI=1S/C25H27N3O4S2/c1-4-19-22(24(30)32-3)23(18-9-5-6-10-20(18)31-2)28-16(15-34-25(28)27-19)14-21(29)26-12-11-17-8-7-13-33-17/h5-10,13,15,23H,4,11-12,14H2,1-3H3,(H,26,29)/t23-/m1/s1. The number of hydrogen-bond acceptors (Lipinski definition) is 8. The molecule has 2 aliphatic heterocycles. The molecule has 2 aromatic rings. The lowest BCUT2D eigenvalue weighted by atomic mass is 9.92. The van der Waals surface area contributed by atoms with Crippen molar-refractivity contribution in [3.63, 3.8) is 0 Å². The Morgan fingerprint density at radius 1 is 1.18 bits per heavy atom. The van der Waals surface area contributed by atoms with Crippen molar-refractivity contribution in [2.24, 2.45) is 4.99 Å². The lowest BCUT2D eigenvalue weighted by molar-refractivity contribution is -0.136. The molecule has 1 aromatic heterocycles. The Balaban J connectivity index is 1.63. The third kappa shape index (κ3) is 4.90. The van der Waals surface area contributed by atoms with E-state index in [0.29, 0.717) is 30.0 Å². The molecule has 9 heteroatoms. The van der Waals surface area contributed by atoms with E-state index in [4.69, 9.17) is 14.5 Å². The van der Waals surface area contributed by atoms with Crippen LogP contribution in [0, 0.1) is 0 Å². The van der Waals surface area contributed by atoms with Crippen LogP contribution in [0.4, 0.5) is 0 Å². The zero-order valence-electron chi connectivity index (χ0n) is 19.4. The van der Waals surface area contributed by atoms with Gasteiger partial charge in [-0.25, -0.2) is 9.79 Å². The van der Waals surface area contributed by atoms with Crippen molar-refractivity contribution in [3.8, 4) is 5.75 Å². The van der Waals surface area contributed by atoms with Crippen molar-refractivity contribution in [1.29, 1.82) is 0 Å². The van der Waals surface area contributed by atoms with E-state index in [9.17, 15) is 9.59 Å². The number of thioether (sulfide) groups is 1. The number of methoxy groups -OCH3 is 2. The van der Waals surface area contributed by atoms with Gasteiger partial charge < -0.3 is 19.7 Å². The number of carbonyl (C=O) groups is 2. The zero-order chi connectivity index (χ0) is 24.1. The van der Waals surface area contributed by atoms with Crippen LogP contribution in [0.15, 0.2) is 69.1 Å². The second-order valence-corrected chi connectivity index (χ2v) is 9.57. The molecule has 0 unspecified atom stereocenters. The van der Waals surface area contributed by atoms with Gasteiger partial charge in [0.05, 0.1) is 38.0 Å². The first kappa shape index (κ1) is 24.1. The number of aliphatic imine (C=N–C) groups is 1. The molecule has 0 fully saturated rings. The van der Waals surface area contributed by atoms with E-state index in [-0.39, 0.29) is 12.3 Å². The second-order valence-electron chi connectivity index (χ2n) is 7.70. The maximum atomic E-state index is 13.0. The molecule has 1 atom stereocenters.